The molecule has 0 saturated carbocycles. The lowest BCUT2D eigenvalue weighted by atomic mass is 10.0. The molecule has 0 unspecified atom stereocenters. The summed E-state index contributed by atoms with van der Waals surface area (Å²) < 4.78 is 11.3. The number of hydrogen-bond donors (Lipinski definition) is 0. The van der Waals surface area contributed by atoms with Gasteiger partial charge in [-0.15, -0.1) is 0 Å². The zero-order valence-electron chi connectivity index (χ0n) is 18.0. The molecule has 0 atom stereocenters. The second-order valence-corrected chi connectivity index (χ2v) is 7.73. The molecule has 0 N–H and O–H groups in total. The van der Waals surface area contributed by atoms with Gasteiger partial charge < -0.3 is 19.0 Å². The molecule has 0 radical (unpaired) electrons. The summed E-state index contributed by atoms with van der Waals surface area (Å²) in [5, 5.41) is 0.858. The number of aromatic nitrogens is 1. The van der Waals surface area contributed by atoms with Crippen LogP contribution >= 0.6 is 0 Å². The molecule has 6 heteroatoms. The van der Waals surface area contributed by atoms with Gasteiger partial charge in [0.1, 0.15) is 11.4 Å². The average Bonchev–Trinajstić information content (AvgIpc) is 3.39. The van der Waals surface area contributed by atoms with Crippen LogP contribution in [0.25, 0.3) is 22.4 Å². The molecule has 0 aliphatic carbocycles. The topological polar surface area (TPSA) is 58.8 Å². The number of nitrogens with zero attached hydrogens (tertiary/aromatic N) is 3. The second kappa shape index (κ2) is 8.75. The van der Waals surface area contributed by atoms with Crippen LogP contribution in [0.3, 0.4) is 0 Å². The van der Waals surface area contributed by atoms with Crippen LogP contribution in [0, 0.1) is 0 Å². The predicted octanol–water partition coefficient (Wildman–Crippen LogP) is 4.86. The molecule has 2 aromatic heterocycles. The van der Waals surface area contributed by atoms with E-state index in [4.69, 9.17) is 14.1 Å². The van der Waals surface area contributed by atoms with E-state index in [1.165, 1.54) is 0 Å². The highest BCUT2D eigenvalue weighted by atomic mass is 16.5. The van der Waals surface area contributed by atoms with Crippen molar-refractivity contribution in [2.45, 2.75) is 6.92 Å². The summed E-state index contributed by atoms with van der Waals surface area (Å²) >= 11 is 0. The fourth-order valence-corrected chi connectivity index (χ4v) is 4.22. The molecule has 32 heavy (non-hydrogen) atoms. The molecule has 3 heterocycles. The van der Waals surface area contributed by atoms with Crippen LogP contribution in [0.15, 0.2) is 77.4 Å². The lowest BCUT2D eigenvalue weighted by Crippen LogP contribution is -2.49. The third-order valence-electron chi connectivity index (χ3n) is 5.79. The summed E-state index contributed by atoms with van der Waals surface area (Å²) in [5.41, 5.74) is 3.19. The maximum absolute atomic E-state index is 13.6. The van der Waals surface area contributed by atoms with Gasteiger partial charge in [-0.1, -0.05) is 30.3 Å². The van der Waals surface area contributed by atoms with Crippen molar-refractivity contribution in [2.24, 2.45) is 0 Å². The molecule has 1 aliphatic rings. The number of pyridine rings is 1. The van der Waals surface area contributed by atoms with Crippen molar-refractivity contribution in [3.05, 3.63) is 78.6 Å². The number of piperazine rings is 1. The van der Waals surface area contributed by atoms with E-state index >= 15 is 0 Å². The van der Waals surface area contributed by atoms with E-state index in [0.717, 1.165) is 35.4 Å². The van der Waals surface area contributed by atoms with Crippen LogP contribution in [-0.4, -0.2) is 48.6 Å². The molecular formula is C26H25N3O3. The first-order valence-corrected chi connectivity index (χ1v) is 10.9. The zero-order valence-corrected chi connectivity index (χ0v) is 18.0. The number of ether oxygens (including phenoxy) is 1. The van der Waals surface area contributed by atoms with Crippen LogP contribution in [-0.2, 0) is 0 Å². The van der Waals surface area contributed by atoms with Crippen molar-refractivity contribution >= 4 is 22.5 Å². The summed E-state index contributed by atoms with van der Waals surface area (Å²) in [6.45, 7) is 5.41. The lowest BCUT2D eigenvalue weighted by molar-refractivity contribution is 0.0748. The number of benzene rings is 2. The molecule has 5 rings (SSSR count). The highest BCUT2D eigenvalue weighted by Gasteiger charge is 2.25. The highest BCUT2D eigenvalue weighted by molar-refractivity contribution is 6.07. The van der Waals surface area contributed by atoms with Gasteiger partial charge >= 0.3 is 0 Å². The van der Waals surface area contributed by atoms with Crippen LogP contribution in [0.5, 0.6) is 5.75 Å². The minimum atomic E-state index is 0.0224. The maximum atomic E-state index is 13.6. The van der Waals surface area contributed by atoms with Crippen LogP contribution < -0.4 is 9.64 Å². The summed E-state index contributed by atoms with van der Waals surface area (Å²) in [4.78, 5) is 22.5. The van der Waals surface area contributed by atoms with E-state index in [2.05, 4.69) is 11.0 Å². The number of fused-ring (bicyclic) bond motifs is 1. The Kier molecular flexibility index (Phi) is 5.50. The van der Waals surface area contributed by atoms with E-state index in [1.807, 2.05) is 72.5 Å². The fraction of sp³-hybridized carbons (Fsp3) is 0.231. The van der Waals surface area contributed by atoms with Crippen molar-refractivity contribution in [3.8, 4) is 17.2 Å². The molecule has 6 nitrogen and oxygen atoms in total. The number of carbonyl (C=O) groups excluding carboxylic acids is 1. The predicted molar refractivity (Wildman–Crippen MR) is 125 cm³/mol. The Labute approximate surface area is 187 Å². The van der Waals surface area contributed by atoms with Crippen molar-refractivity contribution in [1.29, 1.82) is 0 Å². The lowest BCUT2D eigenvalue weighted by Gasteiger charge is -2.37. The minimum Gasteiger partial charge on any atom is -0.492 e. The Morgan fingerprint density at radius 1 is 1.00 bits per heavy atom. The van der Waals surface area contributed by atoms with Gasteiger partial charge in [-0.2, -0.15) is 0 Å². The summed E-state index contributed by atoms with van der Waals surface area (Å²) in [6, 6.07) is 21.4. The van der Waals surface area contributed by atoms with Crippen LogP contribution in [0.2, 0.25) is 0 Å². The summed E-state index contributed by atoms with van der Waals surface area (Å²) in [6.07, 6.45) is 1.62. The highest BCUT2D eigenvalue weighted by Crippen LogP contribution is 2.30. The number of para-hydroxylation sites is 3. The molecular weight excluding hydrogens is 402 g/mol. The Balaban J connectivity index is 1.40. The van der Waals surface area contributed by atoms with E-state index < -0.39 is 0 Å². The third kappa shape index (κ3) is 3.80. The molecule has 1 aliphatic heterocycles. The Bertz CT molecular complexity index is 1230. The SMILES string of the molecule is CCOc1ccccc1N1CCN(C(=O)c2cc(-c3ccco3)nc3ccccc23)CC1. The number of carbonyl (C=O) groups is 1. The fourth-order valence-electron chi connectivity index (χ4n) is 4.22. The van der Waals surface area contributed by atoms with E-state index in [9.17, 15) is 4.79 Å². The monoisotopic (exact) mass is 427 g/mol. The van der Waals surface area contributed by atoms with E-state index in [1.54, 1.807) is 6.26 Å². The van der Waals surface area contributed by atoms with Crippen molar-refractivity contribution in [2.75, 3.05) is 37.7 Å². The molecule has 0 bridgehead atoms. The van der Waals surface area contributed by atoms with Crippen LogP contribution in [0.1, 0.15) is 17.3 Å². The van der Waals surface area contributed by atoms with Crippen LogP contribution in [0.4, 0.5) is 5.69 Å². The molecule has 0 spiro atoms. The molecule has 1 fully saturated rings. The number of anilines is 1. The van der Waals surface area contributed by atoms with Gasteiger partial charge in [-0.05, 0) is 43.3 Å². The number of hydrogen-bond acceptors (Lipinski definition) is 5. The zero-order chi connectivity index (χ0) is 21.9. The molecule has 2 aromatic carbocycles. The second-order valence-electron chi connectivity index (χ2n) is 7.73. The van der Waals surface area contributed by atoms with Gasteiger partial charge in [0.2, 0.25) is 0 Å². The van der Waals surface area contributed by atoms with Gasteiger partial charge in [0.25, 0.3) is 5.91 Å². The van der Waals surface area contributed by atoms with Crippen molar-refractivity contribution in [1.82, 2.24) is 9.88 Å². The summed E-state index contributed by atoms with van der Waals surface area (Å²) in [5.74, 6) is 1.56. The van der Waals surface area contributed by atoms with E-state index in [-0.39, 0.29) is 5.91 Å². The minimum absolute atomic E-state index is 0.0224. The number of furan rings is 1. The first-order chi connectivity index (χ1) is 15.7. The smallest absolute Gasteiger partial charge is 0.254 e. The average molecular weight is 428 g/mol. The number of rotatable bonds is 5. The first-order valence-electron chi connectivity index (χ1n) is 10.9. The third-order valence-corrected chi connectivity index (χ3v) is 5.79. The molecule has 1 saturated heterocycles. The van der Waals surface area contributed by atoms with E-state index in [0.29, 0.717) is 36.7 Å². The van der Waals surface area contributed by atoms with Crippen molar-refractivity contribution < 1.29 is 13.9 Å². The Morgan fingerprint density at radius 2 is 1.78 bits per heavy atom. The first kappa shape index (κ1) is 20.1. The van der Waals surface area contributed by atoms with Crippen molar-refractivity contribution in [3.63, 3.8) is 0 Å². The maximum Gasteiger partial charge on any atom is 0.254 e. The van der Waals surface area contributed by atoms with Gasteiger partial charge in [0.05, 0.1) is 29.6 Å². The normalized spacial score (nSPS) is 14.0. The van der Waals surface area contributed by atoms with Gasteiger partial charge in [0.15, 0.2) is 5.76 Å². The molecule has 162 valence electrons. The Hall–Kier alpha value is -3.80. The number of amides is 1. The molecule has 1 amide bonds. The molecule has 4 aromatic rings. The van der Waals surface area contributed by atoms with Gasteiger partial charge in [0, 0.05) is 31.6 Å². The Morgan fingerprint density at radius 3 is 2.56 bits per heavy atom. The van der Waals surface area contributed by atoms with Gasteiger partial charge in [-0.25, -0.2) is 4.98 Å². The summed E-state index contributed by atoms with van der Waals surface area (Å²) in [7, 11) is 0. The largest absolute Gasteiger partial charge is 0.492 e. The van der Waals surface area contributed by atoms with Gasteiger partial charge in [-0.3, -0.25) is 4.79 Å². The standard InChI is InChI=1S/C26H25N3O3/c1-2-31-25-11-6-5-10-23(25)28-13-15-29(16-14-28)26(30)20-18-22(24-12-7-17-32-24)27-21-9-4-3-8-19(20)21/h3-12,17-18H,2,13-16H2,1H3. The quantitative estimate of drug-likeness (QED) is 0.455.